The third-order valence-electron chi connectivity index (χ3n) is 10.7. The van der Waals surface area contributed by atoms with Crippen LogP contribution in [0.1, 0.15) is 96.6 Å². The van der Waals surface area contributed by atoms with Gasteiger partial charge < -0.3 is 10.2 Å². The number of nitrogens with zero attached hydrogens (tertiary/aromatic N) is 3. The van der Waals surface area contributed by atoms with Gasteiger partial charge in [-0.25, -0.2) is 0 Å². The summed E-state index contributed by atoms with van der Waals surface area (Å²) in [6.07, 6.45) is 14.8. The summed E-state index contributed by atoms with van der Waals surface area (Å²) in [6.45, 7) is 6.59. The van der Waals surface area contributed by atoms with Crippen LogP contribution in [0.3, 0.4) is 0 Å². The van der Waals surface area contributed by atoms with Crippen LogP contribution in [0, 0.1) is 52.3 Å². The van der Waals surface area contributed by atoms with Crippen LogP contribution < -0.4 is 0 Å². The lowest BCUT2D eigenvalue weighted by Gasteiger charge is -2.57. The molecule has 0 amide bonds. The Bertz CT molecular complexity index is 872. The molecule has 10 atom stereocenters. The number of hydrogen-bond donors (Lipinski definition) is 2. The molecule has 0 saturated heterocycles. The SMILES string of the molecule is C[C@@H]([C@@H](O)C[C@H]1CC[C@H]2[C@@H]3CC[C@@H]4C[C@](C)(O)CC[C@@H]4[C@H]3CC[C@]12C)n1cc(C#N)cn1. The molecule has 0 radical (unpaired) electrons. The molecule has 0 aliphatic heterocycles. The summed E-state index contributed by atoms with van der Waals surface area (Å²) in [4.78, 5) is 0. The fourth-order valence-electron chi connectivity index (χ4n) is 8.86. The summed E-state index contributed by atoms with van der Waals surface area (Å²) in [6, 6.07) is 2.02. The molecule has 5 rings (SSSR count). The van der Waals surface area contributed by atoms with Crippen molar-refractivity contribution < 1.29 is 10.2 Å². The first kappa shape index (κ1) is 22.4. The summed E-state index contributed by atoms with van der Waals surface area (Å²) in [5.41, 5.74) is 0.456. The molecule has 0 spiro atoms. The minimum Gasteiger partial charge on any atom is -0.391 e. The molecule has 4 aliphatic rings. The van der Waals surface area contributed by atoms with E-state index in [9.17, 15) is 10.2 Å². The largest absolute Gasteiger partial charge is 0.391 e. The van der Waals surface area contributed by atoms with E-state index in [1.165, 1.54) is 44.9 Å². The third kappa shape index (κ3) is 3.72. The Morgan fingerprint density at radius 2 is 1.91 bits per heavy atom. The van der Waals surface area contributed by atoms with E-state index in [2.05, 4.69) is 18.1 Å². The van der Waals surface area contributed by atoms with Gasteiger partial charge in [0.05, 0.1) is 29.5 Å². The third-order valence-corrected chi connectivity index (χ3v) is 10.7. The number of aliphatic hydroxyl groups is 2. The van der Waals surface area contributed by atoms with E-state index in [0.29, 0.717) is 16.9 Å². The zero-order valence-corrected chi connectivity index (χ0v) is 20.1. The lowest BCUT2D eigenvalue weighted by atomic mass is 9.49. The van der Waals surface area contributed by atoms with E-state index in [-0.39, 0.29) is 6.04 Å². The number of fused-ring (bicyclic) bond motifs is 5. The van der Waals surface area contributed by atoms with Gasteiger partial charge in [-0.1, -0.05) is 6.92 Å². The van der Waals surface area contributed by atoms with Gasteiger partial charge in [0.25, 0.3) is 0 Å². The summed E-state index contributed by atoms with van der Waals surface area (Å²) < 4.78 is 1.76. The first-order chi connectivity index (χ1) is 15.2. The Morgan fingerprint density at radius 1 is 1.12 bits per heavy atom. The Kier molecular flexibility index (Phi) is 5.70. The molecule has 1 heterocycles. The molecule has 5 heteroatoms. The van der Waals surface area contributed by atoms with Crippen molar-refractivity contribution in [1.82, 2.24) is 9.78 Å². The second kappa shape index (κ2) is 8.13. The molecule has 5 nitrogen and oxygen atoms in total. The molecule has 1 aromatic heterocycles. The molecular weight excluding hydrogens is 398 g/mol. The van der Waals surface area contributed by atoms with Crippen molar-refractivity contribution in [3.63, 3.8) is 0 Å². The predicted molar refractivity (Wildman–Crippen MR) is 124 cm³/mol. The molecule has 32 heavy (non-hydrogen) atoms. The molecule has 4 aliphatic carbocycles. The maximum Gasteiger partial charge on any atom is 0.102 e. The summed E-state index contributed by atoms with van der Waals surface area (Å²) in [5, 5.41) is 35.1. The quantitative estimate of drug-likeness (QED) is 0.685. The molecule has 4 saturated carbocycles. The van der Waals surface area contributed by atoms with Crippen LogP contribution in [-0.2, 0) is 0 Å². The molecule has 0 aromatic carbocycles. The van der Waals surface area contributed by atoms with Crippen LogP contribution in [0.5, 0.6) is 0 Å². The molecular formula is C27H41N3O2. The average Bonchev–Trinajstić information content (AvgIpc) is 3.37. The number of nitriles is 1. The van der Waals surface area contributed by atoms with E-state index >= 15 is 0 Å². The van der Waals surface area contributed by atoms with Crippen LogP contribution in [0.15, 0.2) is 12.4 Å². The zero-order valence-electron chi connectivity index (χ0n) is 20.1. The first-order valence-electron chi connectivity index (χ1n) is 13.1. The van der Waals surface area contributed by atoms with E-state index < -0.39 is 11.7 Å². The van der Waals surface area contributed by atoms with Crippen LogP contribution in [0.2, 0.25) is 0 Å². The highest BCUT2D eigenvalue weighted by atomic mass is 16.3. The fraction of sp³-hybridized carbons (Fsp3) is 0.852. The molecule has 0 bridgehead atoms. The van der Waals surface area contributed by atoms with Crippen molar-refractivity contribution in [2.45, 2.75) is 103 Å². The van der Waals surface area contributed by atoms with Gasteiger partial charge in [-0.2, -0.15) is 10.4 Å². The number of aliphatic hydroxyl groups excluding tert-OH is 1. The van der Waals surface area contributed by atoms with Gasteiger partial charge in [0, 0.05) is 6.20 Å². The smallest absolute Gasteiger partial charge is 0.102 e. The molecule has 176 valence electrons. The van der Waals surface area contributed by atoms with Gasteiger partial charge in [0.15, 0.2) is 0 Å². The zero-order chi connectivity index (χ0) is 22.7. The highest BCUT2D eigenvalue weighted by Gasteiger charge is 2.57. The molecule has 1 aromatic rings. The normalized spacial score (nSPS) is 45.2. The van der Waals surface area contributed by atoms with Crippen LogP contribution in [0.4, 0.5) is 0 Å². The Morgan fingerprint density at radius 3 is 2.66 bits per heavy atom. The van der Waals surface area contributed by atoms with E-state index in [4.69, 9.17) is 5.26 Å². The van der Waals surface area contributed by atoms with Gasteiger partial charge in [-0.05, 0) is 119 Å². The maximum atomic E-state index is 11.1. The lowest BCUT2D eigenvalue weighted by Crippen LogP contribution is -2.50. The van der Waals surface area contributed by atoms with Crippen molar-refractivity contribution >= 4 is 0 Å². The summed E-state index contributed by atoms with van der Waals surface area (Å²) >= 11 is 0. The molecule has 2 N–H and O–H groups in total. The van der Waals surface area contributed by atoms with Gasteiger partial charge in [0.1, 0.15) is 6.07 Å². The van der Waals surface area contributed by atoms with E-state index in [0.717, 1.165) is 48.9 Å². The minimum absolute atomic E-state index is 0.110. The summed E-state index contributed by atoms with van der Waals surface area (Å²) in [7, 11) is 0. The van der Waals surface area contributed by atoms with Crippen molar-refractivity contribution in [3.8, 4) is 6.07 Å². The van der Waals surface area contributed by atoms with E-state index in [1.54, 1.807) is 17.1 Å². The van der Waals surface area contributed by atoms with Crippen LogP contribution in [0.25, 0.3) is 0 Å². The average molecular weight is 440 g/mol. The van der Waals surface area contributed by atoms with Crippen molar-refractivity contribution in [2.75, 3.05) is 0 Å². The highest BCUT2D eigenvalue weighted by molar-refractivity contribution is 5.22. The second-order valence-electron chi connectivity index (χ2n) is 12.4. The first-order valence-corrected chi connectivity index (χ1v) is 13.1. The number of aromatic nitrogens is 2. The fourth-order valence-corrected chi connectivity index (χ4v) is 8.86. The van der Waals surface area contributed by atoms with Crippen molar-refractivity contribution in [2.24, 2.45) is 40.9 Å². The maximum absolute atomic E-state index is 11.1. The Hall–Kier alpha value is -1.38. The van der Waals surface area contributed by atoms with Gasteiger partial charge in [0.2, 0.25) is 0 Å². The number of hydrogen-bond acceptors (Lipinski definition) is 4. The van der Waals surface area contributed by atoms with Crippen LogP contribution >= 0.6 is 0 Å². The summed E-state index contributed by atoms with van der Waals surface area (Å²) in [5.74, 6) is 4.64. The second-order valence-corrected chi connectivity index (χ2v) is 12.4. The predicted octanol–water partition coefficient (Wildman–Crippen LogP) is 5.09. The van der Waals surface area contributed by atoms with Crippen molar-refractivity contribution in [3.05, 3.63) is 18.0 Å². The highest BCUT2D eigenvalue weighted by Crippen LogP contribution is 2.65. The topological polar surface area (TPSA) is 82.1 Å². The van der Waals surface area contributed by atoms with Gasteiger partial charge >= 0.3 is 0 Å². The standard InChI is InChI=1S/C27H41N3O2/c1-17(30-16-18(14-28)15-29-30)25(31)12-20-5-7-24-23-6-4-19-13-26(2,32)10-8-21(19)22(23)9-11-27(20,24)3/h15-17,19-25,31-32H,4-13H2,1-3H3/t17-,19+,20+,21-,22+,23+,24-,25-,26+,27+/m0/s1. The van der Waals surface area contributed by atoms with Crippen molar-refractivity contribution in [1.29, 1.82) is 5.26 Å². The minimum atomic E-state index is -0.439. The Balaban J connectivity index is 1.26. The molecule has 0 unspecified atom stereocenters. The number of rotatable bonds is 4. The molecule has 4 fully saturated rings. The lowest BCUT2D eigenvalue weighted by molar-refractivity contribution is -0.102. The Labute approximate surface area is 193 Å². The monoisotopic (exact) mass is 439 g/mol. The van der Waals surface area contributed by atoms with Gasteiger partial charge in [-0.15, -0.1) is 0 Å². The van der Waals surface area contributed by atoms with Crippen LogP contribution in [-0.4, -0.2) is 31.7 Å². The van der Waals surface area contributed by atoms with E-state index in [1.807, 2.05) is 13.8 Å². The van der Waals surface area contributed by atoms with Gasteiger partial charge in [-0.3, -0.25) is 4.68 Å².